The predicted octanol–water partition coefficient (Wildman–Crippen LogP) is 2.94. The van der Waals surface area contributed by atoms with Crippen molar-refractivity contribution in [3.63, 3.8) is 0 Å². The molecular formula is C22H26O8. The van der Waals surface area contributed by atoms with Gasteiger partial charge in [-0.25, -0.2) is 0 Å². The van der Waals surface area contributed by atoms with Crippen molar-refractivity contribution in [2.45, 2.75) is 12.2 Å². The highest BCUT2D eigenvalue weighted by Gasteiger charge is 2.27. The van der Waals surface area contributed by atoms with E-state index in [1.165, 1.54) is 0 Å². The fourth-order valence-electron chi connectivity index (χ4n) is 3.06. The lowest BCUT2D eigenvalue weighted by molar-refractivity contribution is 0.240. The van der Waals surface area contributed by atoms with E-state index in [-0.39, 0.29) is 12.2 Å². The number of benzene rings is 2. The van der Waals surface area contributed by atoms with Gasteiger partial charge in [0.15, 0.2) is 23.0 Å². The van der Waals surface area contributed by atoms with E-state index < -0.39 is 0 Å². The minimum absolute atomic E-state index is 0.126. The molecular weight excluding hydrogens is 392 g/mol. The van der Waals surface area contributed by atoms with Gasteiger partial charge in [-0.2, -0.15) is 0 Å². The molecule has 2 aliphatic rings. The van der Waals surface area contributed by atoms with E-state index in [1.807, 2.05) is 24.3 Å². The van der Waals surface area contributed by atoms with Crippen LogP contribution in [0.1, 0.15) is 0 Å². The Morgan fingerprint density at radius 2 is 0.933 bits per heavy atom. The summed E-state index contributed by atoms with van der Waals surface area (Å²) in [4.78, 5) is 0. The van der Waals surface area contributed by atoms with Gasteiger partial charge in [-0.3, -0.25) is 0 Å². The number of methoxy groups -OCH3 is 4. The lowest BCUT2D eigenvalue weighted by atomic mass is 10.0. The first-order valence-electron chi connectivity index (χ1n) is 9.68. The Kier molecular flexibility index (Phi) is 6.06. The molecule has 30 heavy (non-hydrogen) atoms. The Labute approximate surface area is 175 Å². The minimum Gasteiger partial charge on any atom is -0.493 e. The molecule has 2 aliphatic heterocycles. The molecule has 0 amide bonds. The molecule has 0 aliphatic carbocycles. The van der Waals surface area contributed by atoms with Gasteiger partial charge in [0.1, 0.15) is 25.4 Å². The Morgan fingerprint density at radius 1 is 0.633 bits per heavy atom. The van der Waals surface area contributed by atoms with Gasteiger partial charge in [0, 0.05) is 0 Å². The SMILES string of the molecule is COc1cc(-c2cc(OC)c(OCC3CO3)c(OC)c2)cc(OC)c1OCC1CO1. The van der Waals surface area contributed by atoms with Gasteiger partial charge in [-0.15, -0.1) is 0 Å². The fourth-order valence-corrected chi connectivity index (χ4v) is 3.06. The molecule has 2 aromatic carbocycles. The van der Waals surface area contributed by atoms with Crippen LogP contribution in [-0.4, -0.2) is 67.1 Å². The van der Waals surface area contributed by atoms with E-state index in [0.717, 1.165) is 11.1 Å². The first-order chi connectivity index (χ1) is 14.7. The van der Waals surface area contributed by atoms with Crippen LogP contribution >= 0.6 is 0 Å². The third-order valence-electron chi connectivity index (χ3n) is 4.89. The molecule has 8 nitrogen and oxygen atoms in total. The maximum Gasteiger partial charge on any atom is 0.203 e. The van der Waals surface area contributed by atoms with E-state index in [9.17, 15) is 0 Å². The third-order valence-corrected chi connectivity index (χ3v) is 4.89. The topological polar surface area (TPSA) is 80.4 Å². The molecule has 4 rings (SSSR count). The summed E-state index contributed by atoms with van der Waals surface area (Å²) in [5.41, 5.74) is 1.71. The minimum atomic E-state index is 0.126. The summed E-state index contributed by atoms with van der Waals surface area (Å²) in [5.74, 6) is 3.34. The summed E-state index contributed by atoms with van der Waals surface area (Å²) in [5, 5.41) is 0. The van der Waals surface area contributed by atoms with E-state index in [4.69, 9.17) is 37.9 Å². The highest BCUT2D eigenvalue weighted by Crippen LogP contribution is 2.46. The molecule has 0 spiro atoms. The second-order valence-corrected chi connectivity index (χ2v) is 6.95. The van der Waals surface area contributed by atoms with E-state index in [1.54, 1.807) is 28.4 Å². The zero-order chi connectivity index (χ0) is 21.1. The van der Waals surface area contributed by atoms with Crippen LogP contribution < -0.4 is 28.4 Å². The first-order valence-corrected chi connectivity index (χ1v) is 9.68. The van der Waals surface area contributed by atoms with Gasteiger partial charge in [0.2, 0.25) is 11.5 Å². The molecule has 162 valence electrons. The van der Waals surface area contributed by atoms with Gasteiger partial charge < -0.3 is 37.9 Å². The highest BCUT2D eigenvalue weighted by atomic mass is 16.6. The molecule has 2 aromatic rings. The molecule has 0 radical (unpaired) electrons. The van der Waals surface area contributed by atoms with Gasteiger partial charge >= 0.3 is 0 Å². The summed E-state index contributed by atoms with van der Waals surface area (Å²) >= 11 is 0. The molecule has 2 saturated heterocycles. The van der Waals surface area contributed by atoms with Crippen LogP contribution in [-0.2, 0) is 9.47 Å². The van der Waals surface area contributed by atoms with Crippen molar-refractivity contribution in [3.8, 4) is 45.6 Å². The van der Waals surface area contributed by atoms with Gasteiger partial charge in [0.25, 0.3) is 0 Å². The lowest BCUT2D eigenvalue weighted by Gasteiger charge is -2.18. The van der Waals surface area contributed by atoms with Crippen molar-refractivity contribution >= 4 is 0 Å². The molecule has 2 unspecified atom stereocenters. The average molecular weight is 418 g/mol. The number of hydrogen-bond donors (Lipinski definition) is 0. The maximum atomic E-state index is 5.88. The van der Waals surface area contributed by atoms with Crippen LogP contribution in [0.4, 0.5) is 0 Å². The van der Waals surface area contributed by atoms with Crippen molar-refractivity contribution in [2.75, 3.05) is 54.9 Å². The van der Waals surface area contributed by atoms with Crippen LogP contribution in [0.5, 0.6) is 34.5 Å². The normalized spacial score (nSPS) is 19.1. The fraction of sp³-hybridized carbons (Fsp3) is 0.455. The van der Waals surface area contributed by atoms with Crippen LogP contribution in [0.3, 0.4) is 0 Å². The lowest BCUT2D eigenvalue weighted by Crippen LogP contribution is -2.07. The number of epoxide rings is 2. The largest absolute Gasteiger partial charge is 0.493 e. The van der Waals surface area contributed by atoms with Crippen LogP contribution in [0.15, 0.2) is 24.3 Å². The highest BCUT2D eigenvalue weighted by molar-refractivity contribution is 5.75. The van der Waals surface area contributed by atoms with Gasteiger partial charge in [-0.1, -0.05) is 0 Å². The second kappa shape index (κ2) is 8.89. The van der Waals surface area contributed by atoms with Crippen molar-refractivity contribution in [2.24, 2.45) is 0 Å². The van der Waals surface area contributed by atoms with E-state index in [2.05, 4.69) is 0 Å². The maximum absolute atomic E-state index is 5.88. The molecule has 2 atom stereocenters. The first kappa shape index (κ1) is 20.4. The molecule has 2 heterocycles. The van der Waals surface area contributed by atoms with Crippen molar-refractivity contribution < 1.29 is 37.9 Å². The quantitative estimate of drug-likeness (QED) is 0.516. The van der Waals surface area contributed by atoms with Crippen LogP contribution in [0, 0.1) is 0 Å². The Balaban J connectivity index is 1.69. The van der Waals surface area contributed by atoms with E-state index >= 15 is 0 Å². The van der Waals surface area contributed by atoms with Gasteiger partial charge in [0.05, 0.1) is 41.7 Å². The molecule has 0 aromatic heterocycles. The Morgan fingerprint density at radius 3 is 1.17 bits per heavy atom. The molecule has 0 bridgehead atoms. The zero-order valence-corrected chi connectivity index (χ0v) is 17.6. The molecule has 2 fully saturated rings. The molecule has 8 heteroatoms. The molecule has 0 saturated carbocycles. The summed E-state index contributed by atoms with van der Waals surface area (Å²) in [7, 11) is 6.38. The number of hydrogen-bond acceptors (Lipinski definition) is 8. The van der Waals surface area contributed by atoms with Crippen molar-refractivity contribution in [3.05, 3.63) is 24.3 Å². The van der Waals surface area contributed by atoms with Crippen LogP contribution in [0.2, 0.25) is 0 Å². The predicted molar refractivity (Wildman–Crippen MR) is 109 cm³/mol. The summed E-state index contributed by atoms with van der Waals surface area (Å²) in [6.45, 7) is 2.32. The standard InChI is InChI=1S/C22H26O8/c1-23-17-5-13(6-18(24-2)21(17)29-11-15-9-27-15)14-7-19(25-3)22(20(8-14)26-4)30-12-16-10-28-16/h5-8,15-16H,9-12H2,1-4H3. The Hall–Kier alpha value is -2.84. The van der Waals surface area contributed by atoms with Crippen molar-refractivity contribution in [1.29, 1.82) is 0 Å². The van der Waals surface area contributed by atoms with Crippen molar-refractivity contribution in [1.82, 2.24) is 0 Å². The summed E-state index contributed by atoms with van der Waals surface area (Å²) < 4.78 is 44.4. The summed E-state index contributed by atoms with van der Waals surface area (Å²) in [6, 6.07) is 7.55. The second-order valence-electron chi connectivity index (χ2n) is 6.95. The van der Waals surface area contributed by atoms with E-state index in [0.29, 0.717) is 60.9 Å². The average Bonchev–Trinajstić information content (AvgIpc) is 3.70. The summed E-state index contributed by atoms with van der Waals surface area (Å²) in [6.07, 6.45) is 0.252. The monoisotopic (exact) mass is 418 g/mol. The zero-order valence-electron chi connectivity index (χ0n) is 17.6. The number of ether oxygens (including phenoxy) is 8. The van der Waals surface area contributed by atoms with Crippen LogP contribution in [0.25, 0.3) is 11.1 Å². The Bertz CT molecular complexity index is 765. The smallest absolute Gasteiger partial charge is 0.203 e. The number of rotatable bonds is 11. The third kappa shape index (κ3) is 4.49. The van der Waals surface area contributed by atoms with Gasteiger partial charge in [-0.05, 0) is 35.4 Å². The molecule has 0 N–H and O–H groups in total.